The van der Waals surface area contributed by atoms with Gasteiger partial charge in [0.25, 0.3) is 0 Å². The Kier molecular flexibility index (Phi) is 2.37. The zero-order chi connectivity index (χ0) is 13.1. The van der Waals surface area contributed by atoms with Gasteiger partial charge >= 0.3 is 0 Å². The van der Waals surface area contributed by atoms with Crippen molar-refractivity contribution >= 4 is 0 Å². The van der Waals surface area contributed by atoms with E-state index in [4.69, 9.17) is 0 Å². The van der Waals surface area contributed by atoms with Gasteiger partial charge in [-0.25, -0.2) is 0 Å². The molecule has 2 heterocycles. The third-order valence-corrected chi connectivity index (χ3v) is 5.57. The summed E-state index contributed by atoms with van der Waals surface area (Å²) in [4.78, 5) is 4.56. The van der Waals surface area contributed by atoms with E-state index in [9.17, 15) is 5.11 Å². The summed E-state index contributed by atoms with van der Waals surface area (Å²) in [7, 11) is 0. The van der Waals surface area contributed by atoms with Gasteiger partial charge in [-0.2, -0.15) is 0 Å². The molecule has 0 radical (unpaired) electrons. The predicted octanol–water partition coefficient (Wildman–Crippen LogP) is 1.99. The van der Waals surface area contributed by atoms with Crippen LogP contribution in [0.1, 0.15) is 43.9 Å². The van der Waals surface area contributed by atoms with Crippen LogP contribution in [0.25, 0.3) is 0 Å². The first-order valence-corrected chi connectivity index (χ1v) is 7.56. The molecule has 19 heavy (non-hydrogen) atoms. The van der Waals surface area contributed by atoms with E-state index in [0.29, 0.717) is 11.8 Å². The average Bonchev–Trinajstić information content (AvgIpc) is 2.37. The Bertz CT molecular complexity index is 517. The third-order valence-electron chi connectivity index (χ3n) is 5.57. The molecule has 3 nitrogen and oxygen atoms in total. The summed E-state index contributed by atoms with van der Waals surface area (Å²) in [5, 5.41) is 15.0. The average molecular weight is 258 g/mol. The first kappa shape index (κ1) is 11.9. The number of hydrogen-bond donors (Lipinski definition) is 2. The number of hydrogen-bond acceptors (Lipinski definition) is 3. The third kappa shape index (κ3) is 1.49. The fourth-order valence-corrected chi connectivity index (χ4v) is 5.16. The Morgan fingerprint density at radius 2 is 2.32 bits per heavy atom. The van der Waals surface area contributed by atoms with E-state index in [2.05, 4.69) is 23.3 Å². The molecule has 0 spiro atoms. The van der Waals surface area contributed by atoms with Gasteiger partial charge in [0, 0.05) is 24.2 Å². The Balaban J connectivity index is 1.94. The molecule has 1 saturated heterocycles. The lowest BCUT2D eigenvalue weighted by molar-refractivity contribution is -0.134. The Morgan fingerprint density at radius 3 is 3.21 bits per heavy atom. The molecule has 2 aliphatic carbocycles. The maximum atomic E-state index is 11.2. The summed E-state index contributed by atoms with van der Waals surface area (Å²) in [6.45, 7) is 3.34. The zero-order valence-corrected chi connectivity index (χ0v) is 11.5. The minimum atomic E-state index is -0.549. The van der Waals surface area contributed by atoms with Gasteiger partial charge in [0.15, 0.2) is 0 Å². The molecule has 3 aliphatic rings. The number of pyridine rings is 1. The van der Waals surface area contributed by atoms with Crippen LogP contribution < -0.4 is 5.32 Å². The number of piperidine rings is 1. The van der Waals surface area contributed by atoms with Gasteiger partial charge in [0.1, 0.15) is 0 Å². The van der Waals surface area contributed by atoms with Gasteiger partial charge in [-0.3, -0.25) is 4.98 Å². The SMILES string of the molecule is C[C@@H]1C[C@@]2(O)Cc3ncccc3[C@]3(C1)NCCC[C@H]23. The molecule has 0 aromatic carbocycles. The highest BCUT2D eigenvalue weighted by Crippen LogP contribution is 2.56. The molecule has 2 bridgehead atoms. The topological polar surface area (TPSA) is 45.2 Å². The Morgan fingerprint density at radius 1 is 1.42 bits per heavy atom. The molecule has 1 saturated carbocycles. The molecule has 0 unspecified atom stereocenters. The van der Waals surface area contributed by atoms with Crippen molar-refractivity contribution in [3.05, 3.63) is 29.6 Å². The standard InChI is InChI=1S/C16H22N2O/c1-11-8-15(19)10-13-12(4-2-6-17-13)16(9-11)14(15)5-3-7-18-16/h2,4,6,11,14,18-19H,3,5,7-10H2,1H3/t11-,14-,15-,16+/m1/s1. The maximum absolute atomic E-state index is 11.2. The molecule has 4 atom stereocenters. The van der Waals surface area contributed by atoms with E-state index in [1.807, 2.05) is 12.3 Å². The van der Waals surface area contributed by atoms with Crippen molar-refractivity contribution in [2.45, 2.75) is 50.2 Å². The largest absolute Gasteiger partial charge is 0.389 e. The molecule has 2 fully saturated rings. The summed E-state index contributed by atoms with van der Waals surface area (Å²) < 4.78 is 0. The van der Waals surface area contributed by atoms with Crippen LogP contribution in [0.5, 0.6) is 0 Å². The highest BCUT2D eigenvalue weighted by Gasteiger charge is 2.60. The van der Waals surface area contributed by atoms with Crippen LogP contribution in [0.2, 0.25) is 0 Å². The predicted molar refractivity (Wildman–Crippen MR) is 73.7 cm³/mol. The van der Waals surface area contributed by atoms with Crippen molar-refractivity contribution in [2.24, 2.45) is 11.8 Å². The highest BCUT2D eigenvalue weighted by molar-refractivity contribution is 5.38. The van der Waals surface area contributed by atoms with E-state index < -0.39 is 5.60 Å². The molecule has 4 rings (SSSR count). The van der Waals surface area contributed by atoms with Gasteiger partial charge in [0.05, 0.1) is 11.1 Å². The van der Waals surface area contributed by atoms with Crippen LogP contribution in [0.15, 0.2) is 18.3 Å². The minimum Gasteiger partial charge on any atom is -0.389 e. The van der Waals surface area contributed by atoms with E-state index in [-0.39, 0.29) is 5.54 Å². The number of nitrogens with one attached hydrogen (secondary N) is 1. The first-order valence-electron chi connectivity index (χ1n) is 7.56. The molecule has 1 aliphatic heterocycles. The second-order valence-corrected chi connectivity index (χ2v) is 6.88. The first-order chi connectivity index (χ1) is 9.14. The summed E-state index contributed by atoms with van der Waals surface area (Å²) >= 11 is 0. The van der Waals surface area contributed by atoms with Gasteiger partial charge < -0.3 is 10.4 Å². The smallest absolute Gasteiger partial charge is 0.0754 e. The van der Waals surface area contributed by atoms with Gasteiger partial charge in [0.2, 0.25) is 0 Å². The molecule has 2 N–H and O–H groups in total. The number of fused-ring (bicyclic) bond motifs is 1. The summed E-state index contributed by atoms with van der Waals surface area (Å²) in [6, 6.07) is 4.27. The van der Waals surface area contributed by atoms with Gasteiger partial charge in [-0.1, -0.05) is 13.0 Å². The molecule has 1 aromatic rings. The lowest BCUT2D eigenvalue weighted by Crippen LogP contribution is -2.67. The van der Waals surface area contributed by atoms with Gasteiger partial charge in [-0.05, 0) is 49.8 Å². The summed E-state index contributed by atoms with van der Waals surface area (Å²) in [5.74, 6) is 0.932. The minimum absolute atomic E-state index is 0.0213. The Hall–Kier alpha value is -0.930. The van der Waals surface area contributed by atoms with E-state index >= 15 is 0 Å². The molecule has 3 heteroatoms. The molecule has 0 amide bonds. The van der Waals surface area contributed by atoms with Crippen LogP contribution in [0.4, 0.5) is 0 Å². The lowest BCUT2D eigenvalue weighted by atomic mass is 9.52. The van der Waals surface area contributed by atoms with Crippen LogP contribution >= 0.6 is 0 Å². The van der Waals surface area contributed by atoms with E-state index in [1.165, 1.54) is 12.0 Å². The monoisotopic (exact) mass is 258 g/mol. The van der Waals surface area contributed by atoms with Crippen LogP contribution in [0, 0.1) is 11.8 Å². The summed E-state index contributed by atoms with van der Waals surface area (Å²) in [5.41, 5.74) is 1.90. The van der Waals surface area contributed by atoms with Crippen LogP contribution in [-0.2, 0) is 12.0 Å². The van der Waals surface area contributed by atoms with Crippen molar-refractivity contribution in [3.8, 4) is 0 Å². The maximum Gasteiger partial charge on any atom is 0.0754 e. The van der Waals surface area contributed by atoms with Crippen molar-refractivity contribution in [1.29, 1.82) is 0 Å². The van der Waals surface area contributed by atoms with Crippen LogP contribution in [0.3, 0.4) is 0 Å². The number of rotatable bonds is 0. The number of aromatic nitrogens is 1. The second kappa shape index (κ2) is 3.80. The fraction of sp³-hybridized carbons (Fsp3) is 0.688. The molecular formula is C16H22N2O. The quantitative estimate of drug-likeness (QED) is 0.748. The van der Waals surface area contributed by atoms with E-state index in [0.717, 1.165) is 37.9 Å². The number of nitrogens with zero attached hydrogens (tertiary/aromatic N) is 1. The lowest BCUT2D eigenvalue weighted by Gasteiger charge is -2.60. The number of aliphatic hydroxyl groups is 1. The molecule has 102 valence electrons. The zero-order valence-electron chi connectivity index (χ0n) is 11.5. The summed E-state index contributed by atoms with van der Waals surface area (Å²) in [6.07, 6.45) is 6.99. The van der Waals surface area contributed by atoms with Crippen molar-refractivity contribution in [3.63, 3.8) is 0 Å². The van der Waals surface area contributed by atoms with E-state index in [1.54, 1.807) is 0 Å². The Labute approximate surface area is 114 Å². The fourth-order valence-electron chi connectivity index (χ4n) is 5.16. The second-order valence-electron chi connectivity index (χ2n) is 6.88. The highest BCUT2D eigenvalue weighted by atomic mass is 16.3. The van der Waals surface area contributed by atoms with Crippen molar-refractivity contribution < 1.29 is 5.11 Å². The van der Waals surface area contributed by atoms with Crippen LogP contribution in [-0.4, -0.2) is 22.2 Å². The van der Waals surface area contributed by atoms with Crippen molar-refractivity contribution in [2.75, 3.05) is 6.54 Å². The molecule has 1 aromatic heterocycles. The van der Waals surface area contributed by atoms with Gasteiger partial charge in [-0.15, -0.1) is 0 Å². The van der Waals surface area contributed by atoms with Crippen molar-refractivity contribution in [1.82, 2.24) is 10.3 Å². The molecular weight excluding hydrogens is 236 g/mol. The normalized spacial score (nSPS) is 44.3.